The average Bonchev–Trinajstić information content (AvgIpc) is 0.787. The van der Waals surface area contributed by atoms with Crippen LogP contribution in [0, 0.1) is 17.8 Å². The highest BCUT2D eigenvalue weighted by Crippen LogP contribution is 2.41. The van der Waals surface area contributed by atoms with E-state index in [1.54, 1.807) is 0 Å². The number of hydrogen-bond acceptors (Lipinski definition) is 31. The molecule has 6 amide bonds. The van der Waals surface area contributed by atoms with Crippen molar-refractivity contribution in [2.75, 3.05) is 59.5 Å². The molecular formula is C83H139N7O30. The number of amides is 6. The molecule has 3 aliphatic rings. The summed E-state index contributed by atoms with van der Waals surface area (Å²) >= 11 is 0. The second kappa shape index (κ2) is 48.0. The summed E-state index contributed by atoms with van der Waals surface area (Å²) in [6.07, 6.45) is -6.97. The molecule has 0 spiro atoms. The van der Waals surface area contributed by atoms with Crippen molar-refractivity contribution in [3.05, 3.63) is 0 Å². The molecule has 0 heterocycles. The molecule has 37 nitrogen and oxygen atoms in total. The Morgan fingerprint density at radius 1 is 0.325 bits per heavy atom. The molecule has 3 aliphatic carbocycles. The molecule has 3 saturated carbocycles. The van der Waals surface area contributed by atoms with Crippen molar-refractivity contribution >= 4 is 89.2 Å². The van der Waals surface area contributed by atoms with Crippen molar-refractivity contribution in [2.45, 2.75) is 362 Å². The summed E-state index contributed by atoms with van der Waals surface area (Å²) in [6.45, 7) is 34.9. The van der Waals surface area contributed by atoms with Crippen LogP contribution in [0.4, 0.5) is 0 Å². The molecule has 8 N–H and O–H groups in total. The minimum absolute atomic E-state index is 0.112. The van der Waals surface area contributed by atoms with Crippen LogP contribution < -0.4 is 37.6 Å². The zero-order chi connectivity index (χ0) is 91.2. The Kier molecular flexibility index (Phi) is 42.4. The minimum atomic E-state index is -1.42. The van der Waals surface area contributed by atoms with Gasteiger partial charge in [0.1, 0.15) is 18.3 Å². The fourth-order valence-electron chi connectivity index (χ4n) is 15.0. The third kappa shape index (κ3) is 39.7. The number of nitrogens with one attached hydrogen (secondary N) is 6. The summed E-state index contributed by atoms with van der Waals surface area (Å²) in [5.74, 6) is -10.7. The lowest BCUT2D eigenvalue weighted by molar-refractivity contribution is -0.204. The van der Waals surface area contributed by atoms with Crippen molar-refractivity contribution in [3.8, 4) is 0 Å². The molecule has 120 heavy (non-hydrogen) atoms. The van der Waals surface area contributed by atoms with Gasteiger partial charge in [0.25, 0.3) is 0 Å². The van der Waals surface area contributed by atoms with E-state index in [1.165, 1.54) is 83.1 Å². The summed E-state index contributed by atoms with van der Waals surface area (Å²) < 4.78 is 88.7. The van der Waals surface area contributed by atoms with Crippen LogP contribution in [0.2, 0.25) is 0 Å². The Hall–Kier alpha value is -8.23. The van der Waals surface area contributed by atoms with Gasteiger partial charge in [0, 0.05) is 137 Å². The molecule has 0 saturated heterocycles. The maximum atomic E-state index is 13.9. The predicted molar refractivity (Wildman–Crippen MR) is 429 cm³/mol. The van der Waals surface area contributed by atoms with Gasteiger partial charge in [-0.2, -0.15) is 0 Å². The first-order valence-corrected chi connectivity index (χ1v) is 41.1. The molecule has 0 aromatic carbocycles. The van der Waals surface area contributed by atoms with Crippen molar-refractivity contribution in [1.29, 1.82) is 0 Å². The van der Waals surface area contributed by atoms with E-state index < -0.39 is 201 Å². The van der Waals surface area contributed by atoms with Gasteiger partial charge in [0.15, 0.2) is 18.3 Å². The summed E-state index contributed by atoms with van der Waals surface area (Å²) in [6, 6.07) is -3.00. The Morgan fingerprint density at radius 3 is 0.800 bits per heavy atom. The van der Waals surface area contributed by atoms with E-state index in [0.717, 1.165) is 0 Å². The fraction of sp³-hybridized carbons (Fsp3) is 0.819. The Balaban J connectivity index is 1.81. The number of rotatable bonds is 49. The number of hydrogen-bond donors (Lipinski definition) is 7. The third-order valence-electron chi connectivity index (χ3n) is 20.8. The zero-order valence-electron chi connectivity index (χ0n) is 75.0. The van der Waals surface area contributed by atoms with Crippen LogP contribution >= 0.6 is 0 Å². The maximum Gasteiger partial charge on any atom is 0.303 e. The molecule has 0 radical (unpaired) electrons. The molecule has 0 aromatic rings. The summed E-state index contributed by atoms with van der Waals surface area (Å²) in [5, 5.41) is 17.7. The number of esters is 9. The molecule has 16 atom stereocenters. The van der Waals surface area contributed by atoms with E-state index >= 15 is 0 Å². The first-order chi connectivity index (χ1) is 55.4. The normalized spacial score (nSPS) is 24.3. The van der Waals surface area contributed by atoms with E-state index in [1.807, 2.05) is 83.1 Å². The van der Waals surface area contributed by atoms with Crippen LogP contribution in [0.15, 0.2) is 0 Å². The first-order valence-electron chi connectivity index (χ1n) is 41.1. The first kappa shape index (κ1) is 106. The SMILES string of the molecule is CCC(C)(CCC(C)(C)OC1CC(COC(C)=O)C(OC(C)=O)C(OC(C)=O)C1NC(C)=O)NC(=O)CCOCC(N)(COCCC(=O)NC(C)(C)CCC(C)(C)OC1CC(COC(C)=O)C(OC(C)=O)C(OC(C)=O)C1NC(C)=O)COCCC(=O)NC(C)(C)CCC(C)(C)OC1CC(COC(C)=O)C(OC(C)=O)C(OC(C)=O)C1NC(C)=O. The van der Waals surface area contributed by atoms with Gasteiger partial charge in [-0.05, 0) is 140 Å². The lowest BCUT2D eigenvalue weighted by Crippen LogP contribution is -2.64. The third-order valence-corrected chi connectivity index (χ3v) is 20.8. The quantitative estimate of drug-likeness (QED) is 0.0247. The van der Waals surface area contributed by atoms with Crippen LogP contribution in [0.25, 0.3) is 0 Å². The highest BCUT2D eigenvalue weighted by molar-refractivity contribution is 5.79. The van der Waals surface area contributed by atoms with Gasteiger partial charge in [-0.25, -0.2) is 0 Å². The monoisotopic (exact) mass is 1710 g/mol. The van der Waals surface area contributed by atoms with Gasteiger partial charge in [0.05, 0.1) is 118 Å². The zero-order valence-corrected chi connectivity index (χ0v) is 75.0. The van der Waals surface area contributed by atoms with Crippen LogP contribution in [0.1, 0.15) is 250 Å². The van der Waals surface area contributed by atoms with Gasteiger partial charge in [-0.1, -0.05) is 6.92 Å². The van der Waals surface area contributed by atoms with Crippen molar-refractivity contribution < 1.29 is 143 Å². The second-order valence-corrected chi connectivity index (χ2v) is 35.4. The van der Waals surface area contributed by atoms with E-state index in [4.69, 9.17) is 76.8 Å². The molecule has 37 heteroatoms. The smallest absolute Gasteiger partial charge is 0.303 e. The Morgan fingerprint density at radius 2 is 0.567 bits per heavy atom. The summed E-state index contributed by atoms with van der Waals surface area (Å²) in [7, 11) is 0. The predicted octanol–water partition coefficient (Wildman–Crippen LogP) is 4.66. The van der Waals surface area contributed by atoms with Crippen LogP contribution in [-0.4, -0.2) is 261 Å². The van der Waals surface area contributed by atoms with Crippen molar-refractivity contribution in [3.63, 3.8) is 0 Å². The largest absolute Gasteiger partial charge is 0.465 e. The molecule has 0 bridgehead atoms. The highest BCUT2D eigenvalue weighted by Gasteiger charge is 2.55. The molecular weight excluding hydrogens is 1570 g/mol. The lowest BCUT2D eigenvalue weighted by Gasteiger charge is -2.47. The van der Waals surface area contributed by atoms with E-state index in [9.17, 15) is 71.9 Å². The highest BCUT2D eigenvalue weighted by atomic mass is 16.6. The fourth-order valence-corrected chi connectivity index (χ4v) is 15.0. The van der Waals surface area contributed by atoms with E-state index in [0.29, 0.717) is 44.9 Å². The van der Waals surface area contributed by atoms with Crippen molar-refractivity contribution in [2.24, 2.45) is 23.5 Å². The minimum Gasteiger partial charge on any atom is -0.465 e. The second-order valence-electron chi connectivity index (χ2n) is 35.4. The average molecular weight is 1720 g/mol. The molecule has 686 valence electrons. The number of ether oxygens (including phenoxy) is 15. The van der Waals surface area contributed by atoms with Crippen molar-refractivity contribution in [1.82, 2.24) is 31.9 Å². The van der Waals surface area contributed by atoms with Crippen LogP contribution in [-0.2, 0) is 143 Å². The Bertz CT molecular complexity index is 3330. The molecule has 16 unspecified atom stereocenters. The molecule has 3 fully saturated rings. The maximum absolute atomic E-state index is 13.9. The number of nitrogens with two attached hydrogens (primary N) is 1. The number of carbonyl (C=O) groups excluding carboxylic acids is 15. The van der Waals surface area contributed by atoms with Gasteiger partial charge in [-0.3, -0.25) is 71.9 Å². The van der Waals surface area contributed by atoms with Crippen LogP contribution in [0.3, 0.4) is 0 Å². The summed E-state index contributed by atoms with van der Waals surface area (Å²) in [5.41, 5.74) is 0.245. The van der Waals surface area contributed by atoms with Gasteiger partial charge in [-0.15, -0.1) is 0 Å². The standard InChI is InChI=1S/C83H139N7O30/c1-25-82(24,34-33-81(22,23)120-64-40-61(43-111-52(7)96)73(114-55(10)99)76(117-58(13)102)70(64)87-49(4)93)90-67(105)28-37-108-46-83(84,44-106-35-26-65(103)88-77(14,15)29-31-79(18,19)118-62-38-59(41-109-50(5)94)71(112-53(8)97)74(115-56(11)100)68(62)85-47(2)91)45-107-36-27-66(104)89-78(16,17)30-32-80(20,21)119-63-39-60(42-110-51(6)95)72(113-54(9)98)75(116-57(12)101)69(63)86-48(3)92/h59-64,68-76H,25-46,84H2,1-24H3,(H,85,91)(H,86,92)(H,87,93)(H,88,103)(H,89,104)(H,90,105). The summed E-state index contributed by atoms with van der Waals surface area (Å²) in [4.78, 5) is 190. The topological polar surface area (TPSA) is 493 Å². The van der Waals surface area contributed by atoms with E-state index in [2.05, 4.69) is 31.9 Å². The van der Waals surface area contributed by atoms with E-state index in [-0.39, 0.29) is 116 Å². The molecule has 0 aromatic heterocycles. The van der Waals surface area contributed by atoms with Gasteiger partial charge in [0.2, 0.25) is 35.4 Å². The molecule has 0 aliphatic heterocycles. The van der Waals surface area contributed by atoms with Gasteiger partial charge >= 0.3 is 53.7 Å². The molecule has 3 rings (SSSR count). The van der Waals surface area contributed by atoms with Gasteiger partial charge < -0.3 is 109 Å². The van der Waals surface area contributed by atoms with Crippen LogP contribution in [0.5, 0.6) is 0 Å². The number of carbonyl (C=O) groups is 15. The Labute approximate surface area is 705 Å². The lowest BCUT2D eigenvalue weighted by atomic mass is 9.78.